The smallest absolute Gasteiger partial charge is 0.0761 e. The van der Waals surface area contributed by atoms with Crippen molar-refractivity contribution in [2.45, 2.75) is 52.2 Å². The van der Waals surface area contributed by atoms with Crippen LogP contribution in [0.1, 0.15) is 37.0 Å². The molecular formula is C18H29NO2. The normalized spacial score (nSPS) is 21.0. The summed E-state index contributed by atoms with van der Waals surface area (Å²) in [5, 5.41) is 10.9. The van der Waals surface area contributed by atoms with Gasteiger partial charge in [0.1, 0.15) is 0 Å². The highest BCUT2D eigenvalue weighted by Gasteiger charge is 2.38. The summed E-state index contributed by atoms with van der Waals surface area (Å²) in [4.78, 5) is 2.40. The Bertz CT molecular complexity index is 468. The minimum absolute atomic E-state index is 0.181. The molecule has 0 aliphatic carbocycles. The Kier molecular flexibility index (Phi) is 5.42. The van der Waals surface area contributed by atoms with E-state index in [4.69, 9.17) is 4.74 Å². The standard InChI is InChI=1S/C18H29NO2/c1-5-18(4,19-8-10-21-11-9-19)17(20)13-16-12-14(2)6-7-15(16)3/h6-7,12,17,20H,5,8-11,13H2,1-4H3. The number of nitrogens with zero attached hydrogens (tertiary/aromatic N) is 1. The Balaban J connectivity index is 2.15. The third-order valence-electron chi connectivity index (χ3n) is 5.09. The number of hydrogen-bond donors (Lipinski definition) is 1. The quantitative estimate of drug-likeness (QED) is 0.905. The fourth-order valence-electron chi connectivity index (χ4n) is 3.19. The van der Waals surface area contributed by atoms with E-state index in [9.17, 15) is 5.11 Å². The molecule has 0 amide bonds. The van der Waals surface area contributed by atoms with Crippen LogP contribution in [0.5, 0.6) is 0 Å². The molecular weight excluding hydrogens is 262 g/mol. The van der Waals surface area contributed by atoms with Gasteiger partial charge >= 0.3 is 0 Å². The van der Waals surface area contributed by atoms with Crippen molar-refractivity contribution in [3.05, 3.63) is 34.9 Å². The maximum atomic E-state index is 10.9. The number of aliphatic hydroxyl groups excluding tert-OH is 1. The van der Waals surface area contributed by atoms with Gasteiger partial charge in [-0.25, -0.2) is 0 Å². The van der Waals surface area contributed by atoms with Crippen LogP contribution in [0.25, 0.3) is 0 Å². The lowest BCUT2D eigenvalue weighted by Crippen LogP contribution is -2.58. The van der Waals surface area contributed by atoms with Crippen LogP contribution in [-0.4, -0.2) is 48.0 Å². The van der Waals surface area contributed by atoms with Crippen LogP contribution in [0.3, 0.4) is 0 Å². The number of benzene rings is 1. The largest absolute Gasteiger partial charge is 0.391 e. The zero-order valence-corrected chi connectivity index (χ0v) is 13.9. The molecule has 3 nitrogen and oxygen atoms in total. The molecule has 1 fully saturated rings. The van der Waals surface area contributed by atoms with E-state index in [0.717, 1.165) is 39.1 Å². The van der Waals surface area contributed by atoms with Crippen LogP contribution < -0.4 is 0 Å². The number of aryl methyl sites for hydroxylation is 2. The maximum Gasteiger partial charge on any atom is 0.0761 e. The fourth-order valence-corrected chi connectivity index (χ4v) is 3.19. The lowest BCUT2D eigenvalue weighted by molar-refractivity contribution is -0.0714. The molecule has 3 heteroatoms. The van der Waals surface area contributed by atoms with Crippen molar-refractivity contribution in [3.63, 3.8) is 0 Å². The first-order valence-corrected chi connectivity index (χ1v) is 8.04. The van der Waals surface area contributed by atoms with E-state index in [2.05, 4.69) is 50.8 Å². The van der Waals surface area contributed by atoms with E-state index in [-0.39, 0.29) is 11.6 Å². The van der Waals surface area contributed by atoms with Gasteiger partial charge < -0.3 is 9.84 Å². The van der Waals surface area contributed by atoms with Gasteiger partial charge in [-0.05, 0) is 38.3 Å². The van der Waals surface area contributed by atoms with Gasteiger partial charge in [-0.1, -0.05) is 30.7 Å². The molecule has 1 aliphatic heterocycles. The van der Waals surface area contributed by atoms with Crippen molar-refractivity contribution in [1.82, 2.24) is 4.90 Å². The molecule has 2 rings (SSSR count). The molecule has 0 bridgehead atoms. The third kappa shape index (κ3) is 3.65. The molecule has 1 aromatic rings. The lowest BCUT2D eigenvalue weighted by atomic mass is 9.84. The highest BCUT2D eigenvalue weighted by molar-refractivity contribution is 5.31. The Hall–Kier alpha value is -0.900. The van der Waals surface area contributed by atoms with Crippen molar-refractivity contribution >= 4 is 0 Å². The molecule has 1 aromatic carbocycles. The van der Waals surface area contributed by atoms with E-state index in [1.54, 1.807) is 0 Å². The molecule has 0 radical (unpaired) electrons. The van der Waals surface area contributed by atoms with Crippen LogP contribution >= 0.6 is 0 Å². The van der Waals surface area contributed by atoms with Crippen molar-refractivity contribution in [1.29, 1.82) is 0 Å². The summed E-state index contributed by atoms with van der Waals surface area (Å²) in [6.07, 6.45) is 1.30. The number of morpholine rings is 1. The zero-order chi connectivity index (χ0) is 15.5. The van der Waals surface area contributed by atoms with Crippen molar-refractivity contribution in [3.8, 4) is 0 Å². The second-order valence-corrected chi connectivity index (χ2v) is 6.46. The van der Waals surface area contributed by atoms with Crippen LogP contribution in [0, 0.1) is 13.8 Å². The first-order chi connectivity index (χ1) is 9.97. The van der Waals surface area contributed by atoms with E-state index >= 15 is 0 Å². The molecule has 0 spiro atoms. The summed E-state index contributed by atoms with van der Waals surface area (Å²) < 4.78 is 5.45. The van der Waals surface area contributed by atoms with Crippen molar-refractivity contribution in [2.75, 3.05) is 26.3 Å². The van der Waals surface area contributed by atoms with Crippen LogP contribution in [0.2, 0.25) is 0 Å². The fraction of sp³-hybridized carbons (Fsp3) is 0.667. The van der Waals surface area contributed by atoms with Gasteiger partial charge in [0.05, 0.1) is 19.3 Å². The van der Waals surface area contributed by atoms with Crippen molar-refractivity contribution < 1.29 is 9.84 Å². The van der Waals surface area contributed by atoms with E-state index in [1.807, 2.05) is 0 Å². The average molecular weight is 291 g/mol. The molecule has 2 atom stereocenters. The summed E-state index contributed by atoms with van der Waals surface area (Å²) in [5.41, 5.74) is 3.60. The Morgan fingerprint density at radius 3 is 2.57 bits per heavy atom. The molecule has 2 unspecified atom stereocenters. The molecule has 0 aromatic heterocycles. The average Bonchev–Trinajstić information content (AvgIpc) is 2.51. The Morgan fingerprint density at radius 1 is 1.29 bits per heavy atom. The Labute approximate surface area is 128 Å². The molecule has 21 heavy (non-hydrogen) atoms. The SMILES string of the molecule is CCC(C)(C(O)Cc1cc(C)ccc1C)N1CCOCC1. The summed E-state index contributed by atoms with van der Waals surface area (Å²) in [6.45, 7) is 12.0. The minimum Gasteiger partial charge on any atom is -0.391 e. The molecule has 1 saturated heterocycles. The van der Waals surface area contributed by atoms with Gasteiger partial charge in [0.2, 0.25) is 0 Å². The topological polar surface area (TPSA) is 32.7 Å². The zero-order valence-electron chi connectivity index (χ0n) is 13.9. The Morgan fingerprint density at radius 2 is 1.95 bits per heavy atom. The number of aliphatic hydroxyl groups is 1. The van der Waals surface area contributed by atoms with Crippen molar-refractivity contribution in [2.24, 2.45) is 0 Å². The van der Waals surface area contributed by atoms with E-state index in [0.29, 0.717) is 0 Å². The second kappa shape index (κ2) is 6.91. The van der Waals surface area contributed by atoms with E-state index in [1.165, 1.54) is 16.7 Å². The van der Waals surface area contributed by atoms with Gasteiger partial charge in [0, 0.05) is 25.0 Å². The second-order valence-electron chi connectivity index (χ2n) is 6.46. The number of hydrogen-bond acceptors (Lipinski definition) is 3. The summed E-state index contributed by atoms with van der Waals surface area (Å²) in [6, 6.07) is 6.48. The summed E-state index contributed by atoms with van der Waals surface area (Å²) in [7, 11) is 0. The van der Waals surface area contributed by atoms with Crippen LogP contribution in [0.4, 0.5) is 0 Å². The lowest BCUT2D eigenvalue weighted by Gasteiger charge is -2.46. The van der Waals surface area contributed by atoms with E-state index < -0.39 is 0 Å². The van der Waals surface area contributed by atoms with Crippen LogP contribution in [-0.2, 0) is 11.2 Å². The summed E-state index contributed by atoms with van der Waals surface area (Å²) >= 11 is 0. The predicted octanol–water partition coefficient (Wildman–Crippen LogP) is 2.71. The molecule has 1 N–H and O–H groups in total. The number of ether oxygens (including phenoxy) is 1. The van der Waals surface area contributed by atoms with Gasteiger partial charge in [-0.15, -0.1) is 0 Å². The first kappa shape index (κ1) is 16.5. The highest BCUT2D eigenvalue weighted by atomic mass is 16.5. The minimum atomic E-state index is -0.360. The van der Waals surface area contributed by atoms with Gasteiger partial charge in [0.15, 0.2) is 0 Å². The van der Waals surface area contributed by atoms with Crippen LogP contribution in [0.15, 0.2) is 18.2 Å². The van der Waals surface area contributed by atoms with Gasteiger partial charge in [-0.2, -0.15) is 0 Å². The number of rotatable bonds is 5. The predicted molar refractivity (Wildman–Crippen MR) is 86.7 cm³/mol. The van der Waals surface area contributed by atoms with Gasteiger partial charge in [0.25, 0.3) is 0 Å². The van der Waals surface area contributed by atoms with Gasteiger partial charge in [-0.3, -0.25) is 4.90 Å². The first-order valence-electron chi connectivity index (χ1n) is 8.04. The third-order valence-corrected chi connectivity index (χ3v) is 5.09. The molecule has 1 aliphatic rings. The maximum absolute atomic E-state index is 10.9. The highest BCUT2D eigenvalue weighted by Crippen LogP contribution is 2.28. The molecule has 1 heterocycles. The monoisotopic (exact) mass is 291 g/mol. The summed E-state index contributed by atoms with van der Waals surface area (Å²) in [5.74, 6) is 0. The molecule has 0 saturated carbocycles. The molecule has 118 valence electrons.